The molecule has 3 aromatic heterocycles. The van der Waals surface area contributed by atoms with Crippen LogP contribution in [0.3, 0.4) is 0 Å². The van der Waals surface area contributed by atoms with Gasteiger partial charge in [0.2, 0.25) is 0 Å². The van der Waals surface area contributed by atoms with Gasteiger partial charge in [-0.2, -0.15) is 0 Å². The average molecular weight is 545 g/mol. The van der Waals surface area contributed by atoms with Gasteiger partial charge in [-0.3, -0.25) is 0 Å². The molecule has 3 heterocycles. The van der Waals surface area contributed by atoms with Crippen LogP contribution in [0.1, 0.15) is 35.8 Å². The summed E-state index contributed by atoms with van der Waals surface area (Å²) in [6.45, 7) is 6.44. The Morgan fingerprint density at radius 2 is 2.08 bits per heavy atom. The number of benzene rings is 1. The van der Waals surface area contributed by atoms with Crippen LogP contribution in [0.4, 0.5) is 9.18 Å². The second-order valence-corrected chi connectivity index (χ2v) is 12.1. The van der Waals surface area contributed by atoms with Gasteiger partial charge in [0.25, 0.3) is 10.0 Å². The number of imidazole rings is 2. The van der Waals surface area contributed by atoms with Crippen LogP contribution in [0.2, 0.25) is 0 Å². The number of carbonyl (C=O) groups excluding carboxylic acids is 1. The molecule has 9 nitrogen and oxygen atoms in total. The van der Waals surface area contributed by atoms with E-state index in [1.807, 2.05) is 25.3 Å². The summed E-state index contributed by atoms with van der Waals surface area (Å²) in [4.78, 5) is 24.2. The number of aromatic amines is 1. The van der Waals surface area contributed by atoms with E-state index in [1.165, 1.54) is 12.4 Å². The van der Waals surface area contributed by atoms with E-state index in [0.29, 0.717) is 42.0 Å². The van der Waals surface area contributed by atoms with Gasteiger partial charge in [-0.1, -0.05) is 26.0 Å². The van der Waals surface area contributed by atoms with Crippen molar-refractivity contribution in [1.29, 1.82) is 0 Å². The molecule has 0 bridgehead atoms. The van der Waals surface area contributed by atoms with Crippen molar-refractivity contribution in [3.63, 3.8) is 0 Å². The lowest BCUT2D eigenvalue weighted by molar-refractivity contribution is 0.246. The van der Waals surface area contributed by atoms with Crippen molar-refractivity contribution in [3.05, 3.63) is 77.0 Å². The quantitative estimate of drug-likeness (QED) is 0.275. The smallest absolute Gasteiger partial charge is 0.328 e. The first-order valence-electron chi connectivity index (χ1n) is 11.8. The Balaban J connectivity index is 1.57. The summed E-state index contributed by atoms with van der Waals surface area (Å²) < 4.78 is 45.5. The topological polar surface area (TPSA) is 122 Å². The zero-order valence-corrected chi connectivity index (χ0v) is 22.4. The lowest BCUT2D eigenvalue weighted by Gasteiger charge is -2.11. The number of H-pyrrole nitrogens is 1. The number of amides is 2. The van der Waals surface area contributed by atoms with E-state index in [-0.39, 0.29) is 10.8 Å². The fourth-order valence-corrected chi connectivity index (χ4v) is 6.74. The van der Waals surface area contributed by atoms with Gasteiger partial charge >= 0.3 is 6.03 Å². The number of carbonyl (C=O) groups is 1. The number of hydrogen-bond acceptors (Lipinski definition) is 6. The molecule has 4 rings (SSSR count). The largest absolute Gasteiger partial charge is 0.348 e. The molecule has 0 spiro atoms. The zero-order chi connectivity index (χ0) is 26.6. The van der Waals surface area contributed by atoms with Crippen LogP contribution < -0.4 is 10.0 Å². The van der Waals surface area contributed by atoms with Gasteiger partial charge in [0.15, 0.2) is 0 Å². The van der Waals surface area contributed by atoms with E-state index in [2.05, 4.69) is 25.0 Å². The minimum Gasteiger partial charge on any atom is -0.348 e. The van der Waals surface area contributed by atoms with Crippen LogP contribution in [0.15, 0.2) is 53.4 Å². The molecular weight excluding hydrogens is 515 g/mol. The third-order valence-electron chi connectivity index (χ3n) is 5.69. The van der Waals surface area contributed by atoms with E-state index in [9.17, 15) is 13.2 Å². The monoisotopic (exact) mass is 544 g/mol. The van der Waals surface area contributed by atoms with E-state index in [4.69, 9.17) is 0 Å². The van der Waals surface area contributed by atoms with Crippen molar-refractivity contribution < 1.29 is 17.6 Å². The Labute approximate surface area is 219 Å². The maximum Gasteiger partial charge on any atom is 0.328 e. The van der Waals surface area contributed by atoms with Crippen LogP contribution >= 0.6 is 11.3 Å². The molecule has 0 aliphatic carbocycles. The lowest BCUT2D eigenvalue weighted by atomic mass is 10.0. The van der Waals surface area contributed by atoms with Crippen molar-refractivity contribution in [3.8, 4) is 11.1 Å². The molecule has 0 aliphatic rings. The van der Waals surface area contributed by atoms with E-state index in [1.54, 1.807) is 36.8 Å². The molecule has 4 aromatic rings. The van der Waals surface area contributed by atoms with Crippen molar-refractivity contribution >= 4 is 27.4 Å². The van der Waals surface area contributed by atoms with Gasteiger partial charge < -0.3 is 14.9 Å². The van der Waals surface area contributed by atoms with E-state index < -0.39 is 21.9 Å². The van der Waals surface area contributed by atoms with Crippen molar-refractivity contribution in [2.45, 2.75) is 44.4 Å². The molecule has 0 atom stereocenters. The molecular formula is C25H29FN6O3S2. The summed E-state index contributed by atoms with van der Waals surface area (Å²) in [7, 11) is -4.21. The lowest BCUT2D eigenvalue weighted by Crippen LogP contribution is -2.40. The summed E-state index contributed by atoms with van der Waals surface area (Å²) in [5.41, 5.74) is 2.06. The van der Waals surface area contributed by atoms with Gasteiger partial charge in [-0.25, -0.2) is 32.3 Å². The second kappa shape index (κ2) is 11.3. The third-order valence-corrected chi connectivity index (χ3v) is 8.72. The summed E-state index contributed by atoms with van der Waals surface area (Å²) in [6.07, 6.45) is 7.72. The number of hydrogen-bond donors (Lipinski definition) is 3. The van der Waals surface area contributed by atoms with Crippen LogP contribution in [0.5, 0.6) is 0 Å². The van der Waals surface area contributed by atoms with Crippen molar-refractivity contribution in [2.24, 2.45) is 5.92 Å². The summed E-state index contributed by atoms with van der Waals surface area (Å²) in [5, 5.41) is 2.55. The highest BCUT2D eigenvalue weighted by Crippen LogP contribution is 2.37. The molecule has 0 radical (unpaired) electrons. The number of halogens is 1. The number of nitrogens with zero attached hydrogens (tertiary/aromatic N) is 3. The Hall–Kier alpha value is -3.51. The van der Waals surface area contributed by atoms with Crippen LogP contribution in [0, 0.1) is 18.7 Å². The van der Waals surface area contributed by atoms with Gasteiger partial charge in [0.05, 0.1) is 12.9 Å². The Bertz CT molecular complexity index is 1480. The van der Waals surface area contributed by atoms with Crippen LogP contribution in [0.25, 0.3) is 11.1 Å². The number of aryl methyl sites for hydroxylation is 1. The SMILES string of the molecule is Cc1nccn1Cc1ccc(-c2cc(CC(C)C)sc2S(=O)(=O)NC(=O)NCCc2cnc[nH]2)cc1F. The minimum absolute atomic E-state index is 0.0236. The molecule has 37 heavy (non-hydrogen) atoms. The molecule has 1 aromatic carbocycles. The van der Waals surface area contributed by atoms with Crippen molar-refractivity contribution in [1.82, 2.24) is 29.6 Å². The predicted molar refractivity (Wildman–Crippen MR) is 140 cm³/mol. The van der Waals surface area contributed by atoms with Gasteiger partial charge in [-0.15, -0.1) is 11.3 Å². The first-order chi connectivity index (χ1) is 17.6. The summed E-state index contributed by atoms with van der Waals surface area (Å²) in [6, 6.07) is 5.63. The number of sulfonamides is 1. The maximum atomic E-state index is 15.1. The summed E-state index contributed by atoms with van der Waals surface area (Å²) in [5.74, 6) is 0.607. The molecule has 12 heteroatoms. The third kappa shape index (κ3) is 6.63. The number of rotatable bonds is 10. The highest BCUT2D eigenvalue weighted by atomic mass is 32.2. The Kier molecular flexibility index (Phi) is 8.08. The number of aromatic nitrogens is 4. The second-order valence-electron chi connectivity index (χ2n) is 9.11. The van der Waals surface area contributed by atoms with Gasteiger partial charge in [0, 0.05) is 53.3 Å². The molecule has 0 saturated carbocycles. The zero-order valence-electron chi connectivity index (χ0n) is 20.8. The molecule has 0 fully saturated rings. The molecule has 0 unspecified atom stereocenters. The van der Waals surface area contributed by atoms with Crippen molar-refractivity contribution in [2.75, 3.05) is 6.54 Å². The molecule has 2 amide bonds. The van der Waals surface area contributed by atoms with Gasteiger partial charge in [-0.05, 0) is 37.0 Å². The first kappa shape index (κ1) is 26.6. The fourth-order valence-electron chi connectivity index (χ4n) is 3.86. The van der Waals surface area contributed by atoms with Gasteiger partial charge in [0.1, 0.15) is 15.9 Å². The highest BCUT2D eigenvalue weighted by molar-refractivity contribution is 7.92. The molecule has 0 aliphatic heterocycles. The van der Waals surface area contributed by atoms with Crippen LogP contribution in [-0.2, 0) is 29.4 Å². The normalized spacial score (nSPS) is 11.7. The minimum atomic E-state index is -4.21. The van der Waals surface area contributed by atoms with E-state index in [0.717, 1.165) is 27.7 Å². The molecule has 0 saturated heterocycles. The standard InChI is InChI=1S/C25H29FN6O3S2/c1-16(2)10-21-12-22(18-4-5-19(23(26)11-18)14-32-9-8-28-17(32)3)24(36-21)37(34,35)31-25(33)29-7-6-20-13-27-15-30-20/h4-5,8-9,11-13,15-16H,6-7,10,14H2,1-3H3,(H,27,30)(H2,29,31,33). The number of thiophene rings is 1. The summed E-state index contributed by atoms with van der Waals surface area (Å²) >= 11 is 1.09. The maximum absolute atomic E-state index is 15.1. The first-order valence-corrected chi connectivity index (χ1v) is 14.1. The Morgan fingerprint density at radius 1 is 1.27 bits per heavy atom. The average Bonchev–Trinajstić information content (AvgIpc) is 3.57. The molecule has 3 N–H and O–H groups in total. The fraction of sp³-hybridized carbons (Fsp3) is 0.320. The Morgan fingerprint density at radius 3 is 2.73 bits per heavy atom. The highest BCUT2D eigenvalue weighted by Gasteiger charge is 2.26. The van der Waals surface area contributed by atoms with E-state index >= 15 is 4.39 Å². The molecule has 196 valence electrons. The number of nitrogens with one attached hydrogen (secondary N) is 3. The van der Waals surface area contributed by atoms with Crippen LogP contribution in [-0.4, -0.2) is 40.5 Å². The predicted octanol–water partition coefficient (Wildman–Crippen LogP) is 4.26. The number of urea groups is 1.